The maximum Gasteiger partial charge on any atom is 0.138 e. The summed E-state index contributed by atoms with van der Waals surface area (Å²) < 4.78 is 2.33. The molecule has 2 aromatic heterocycles. The zero-order valence-electron chi connectivity index (χ0n) is 30.4. The maximum absolute atomic E-state index is 6.47. The first kappa shape index (κ1) is 33.1. The summed E-state index contributed by atoms with van der Waals surface area (Å²) in [5.74, 6) is 1.74. The molecule has 1 aliphatic rings. The molecule has 5 nitrogen and oxygen atoms in total. The number of rotatable bonds is 7. The fourth-order valence-corrected chi connectivity index (χ4v) is 8.20. The number of aromatic nitrogens is 2. The van der Waals surface area contributed by atoms with Crippen LogP contribution in [0.25, 0.3) is 38.8 Å². The van der Waals surface area contributed by atoms with E-state index in [2.05, 4.69) is 174 Å². The standard InChI is InChI=1S/C45H44N4OS/c1-29(2)35-17-13-18-36(30(3)4)44(35)31-24-25-46-43(26-31)47-39-19-9-8-16-37(39)38-23-22-34(28-42(38)47)51-33-15-12-14-32(27-33)48-40-20-10-11-21-41(40)49(50-48)45(5,6)7/h8-30H,1-7H3. The predicted octanol–water partition coefficient (Wildman–Crippen LogP) is 12.8. The first-order valence-electron chi connectivity index (χ1n) is 17.9. The Balaban J connectivity index is 1.20. The summed E-state index contributed by atoms with van der Waals surface area (Å²) in [6.45, 7) is 15.6. The number of nitrogens with zero attached hydrogens (tertiary/aromatic N) is 4. The van der Waals surface area contributed by atoms with E-state index < -0.39 is 0 Å². The predicted molar refractivity (Wildman–Crippen MR) is 215 cm³/mol. The van der Waals surface area contributed by atoms with Crippen molar-refractivity contribution < 1.29 is 4.94 Å². The Bertz CT molecular complexity index is 2380. The summed E-state index contributed by atoms with van der Waals surface area (Å²) in [5.41, 5.74) is 10.4. The van der Waals surface area contributed by atoms with Gasteiger partial charge in [0.25, 0.3) is 0 Å². The van der Waals surface area contributed by atoms with Gasteiger partial charge in [-0.05, 0) is 116 Å². The van der Waals surface area contributed by atoms with Crippen molar-refractivity contribution in [3.63, 3.8) is 0 Å². The van der Waals surface area contributed by atoms with Gasteiger partial charge in [0.2, 0.25) is 0 Å². The Morgan fingerprint density at radius 3 is 2.04 bits per heavy atom. The van der Waals surface area contributed by atoms with Crippen molar-refractivity contribution in [2.45, 2.75) is 75.6 Å². The average molecular weight is 689 g/mol. The van der Waals surface area contributed by atoms with Gasteiger partial charge in [-0.1, -0.05) is 100 Å². The van der Waals surface area contributed by atoms with Crippen LogP contribution in [0.3, 0.4) is 0 Å². The first-order chi connectivity index (χ1) is 24.6. The Morgan fingerprint density at radius 1 is 0.627 bits per heavy atom. The van der Waals surface area contributed by atoms with E-state index in [9.17, 15) is 0 Å². The zero-order valence-corrected chi connectivity index (χ0v) is 31.2. The topological polar surface area (TPSA) is 33.5 Å². The number of fused-ring (bicyclic) bond motifs is 4. The minimum Gasteiger partial charge on any atom is -0.294 e. The second kappa shape index (κ2) is 12.9. The summed E-state index contributed by atoms with van der Waals surface area (Å²) in [6.07, 6.45) is 1.97. The van der Waals surface area contributed by atoms with Crippen LogP contribution < -0.4 is 10.1 Å². The molecule has 0 bridgehead atoms. The highest BCUT2D eigenvalue weighted by atomic mass is 32.2. The van der Waals surface area contributed by atoms with Gasteiger partial charge >= 0.3 is 0 Å². The molecule has 0 atom stereocenters. The van der Waals surface area contributed by atoms with Gasteiger partial charge in [0.1, 0.15) is 5.82 Å². The molecule has 0 saturated heterocycles. The molecule has 51 heavy (non-hydrogen) atoms. The molecular formula is C45H44N4OS. The monoisotopic (exact) mass is 688 g/mol. The summed E-state index contributed by atoms with van der Waals surface area (Å²) in [6, 6.07) is 43.6. The van der Waals surface area contributed by atoms with Gasteiger partial charge in [0, 0.05) is 26.8 Å². The molecule has 0 unspecified atom stereocenters. The highest BCUT2D eigenvalue weighted by Crippen LogP contribution is 2.46. The molecule has 256 valence electrons. The molecule has 3 heterocycles. The van der Waals surface area contributed by atoms with E-state index in [-0.39, 0.29) is 5.54 Å². The van der Waals surface area contributed by atoms with Crippen LogP contribution >= 0.6 is 11.8 Å². The lowest BCUT2D eigenvalue weighted by atomic mass is 9.85. The third-order valence-corrected chi connectivity index (χ3v) is 10.6. The van der Waals surface area contributed by atoms with Gasteiger partial charge in [-0.3, -0.25) is 4.57 Å². The number of anilines is 3. The van der Waals surface area contributed by atoms with E-state index in [4.69, 9.17) is 9.92 Å². The van der Waals surface area contributed by atoms with Crippen molar-refractivity contribution in [3.05, 3.63) is 139 Å². The molecular weight excluding hydrogens is 645 g/mol. The third-order valence-electron chi connectivity index (χ3n) is 9.66. The zero-order chi connectivity index (χ0) is 35.4. The van der Waals surface area contributed by atoms with E-state index in [1.165, 1.54) is 33.0 Å². The van der Waals surface area contributed by atoms with Crippen molar-refractivity contribution in [1.29, 1.82) is 0 Å². The van der Waals surface area contributed by atoms with E-state index in [1.54, 1.807) is 11.8 Å². The van der Waals surface area contributed by atoms with Gasteiger partial charge in [-0.2, -0.15) is 5.06 Å². The molecule has 0 radical (unpaired) electrons. The minimum absolute atomic E-state index is 0.200. The molecule has 0 spiro atoms. The highest BCUT2D eigenvalue weighted by molar-refractivity contribution is 7.99. The van der Waals surface area contributed by atoms with Crippen LogP contribution in [0.2, 0.25) is 0 Å². The van der Waals surface area contributed by atoms with Crippen LogP contribution in [-0.2, 0) is 4.94 Å². The van der Waals surface area contributed by atoms with Crippen LogP contribution in [0, 0.1) is 0 Å². The van der Waals surface area contributed by atoms with Crippen molar-refractivity contribution in [3.8, 4) is 16.9 Å². The van der Waals surface area contributed by atoms with E-state index in [0.29, 0.717) is 11.8 Å². The molecule has 0 aliphatic carbocycles. The van der Waals surface area contributed by atoms with Crippen molar-refractivity contribution in [1.82, 2.24) is 9.55 Å². The summed E-state index contributed by atoms with van der Waals surface area (Å²) in [5, 5.41) is 6.36. The third kappa shape index (κ3) is 5.96. The van der Waals surface area contributed by atoms with Crippen LogP contribution in [0.1, 0.15) is 71.4 Å². The normalized spacial score (nSPS) is 13.3. The smallest absolute Gasteiger partial charge is 0.138 e. The van der Waals surface area contributed by atoms with Crippen LogP contribution in [-0.4, -0.2) is 15.1 Å². The quantitative estimate of drug-likeness (QED) is 0.166. The molecule has 0 saturated carbocycles. The lowest BCUT2D eigenvalue weighted by molar-refractivity contribution is 0.0842. The fourth-order valence-electron chi connectivity index (χ4n) is 7.30. The van der Waals surface area contributed by atoms with Crippen LogP contribution in [0.4, 0.5) is 17.1 Å². The Kier molecular flexibility index (Phi) is 8.40. The molecule has 6 heteroatoms. The van der Waals surface area contributed by atoms with Gasteiger partial charge < -0.3 is 0 Å². The largest absolute Gasteiger partial charge is 0.294 e. The summed E-state index contributed by atoms with van der Waals surface area (Å²) in [4.78, 5) is 13.8. The maximum atomic E-state index is 6.47. The SMILES string of the molecule is CC(C)c1cccc(C(C)C)c1-c1ccnc(-n2c3ccccc3c3ccc(Sc4cccc(N5ON(C(C)(C)C)c6ccccc65)c4)cc32)c1. The number of para-hydroxylation sites is 3. The molecule has 7 aromatic rings. The summed E-state index contributed by atoms with van der Waals surface area (Å²) >= 11 is 1.76. The Morgan fingerprint density at radius 2 is 1.29 bits per heavy atom. The van der Waals surface area contributed by atoms with Crippen LogP contribution in [0.15, 0.2) is 137 Å². The second-order valence-corrected chi connectivity index (χ2v) is 16.1. The average Bonchev–Trinajstić information content (AvgIpc) is 3.68. The number of hydroxylamine groups is 1. The van der Waals surface area contributed by atoms with Gasteiger partial charge in [-0.15, -0.1) is 4.94 Å². The van der Waals surface area contributed by atoms with Gasteiger partial charge in [0.15, 0.2) is 0 Å². The van der Waals surface area contributed by atoms with Crippen molar-refractivity contribution in [2.75, 3.05) is 10.1 Å². The van der Waals surface area contributed by atoms with Gasteiger partial charge in [0.05, 0.1) is 33.6 Å². The minimum atomic E-state index is -0.200. The van der Waals surface area contributed by atoms with Crippen molar-refractivity contribution >= 4 is 50.6 Å². The molecule has 0 amide bonds. The second-order valence-electron chi connectivity index (χ2n) is 15.0. The Hall–Kier alpha value is -5.04. The van der Waals surface area contributed by atoms with Gasteiger partial charge in [-0.25, -0.2) is 10.0 Å². The molecule has 8 rings (SSSR count). The fraction of sp³-hybridized carbons (Fsp3) is 0.222. The Labute approximate surface area is 305 Å². The number of hydrogen-bond donors (Lipinski definition) is 0. The molecule has 1 aliphatic heterocycles. The molecule has 0 N–H and O–H groups in total. The number of hydrogen-bond acceptors (Lipinski definition) is 5. The lowest BCUT2D eigenvalue weighted by Gasteiger charge is -2.31. The van der Waals surface area contributed by atoms with Crippen LogP contribution in [0.5, 0.6) is 0 Å². The number of benzene rings is 5. The molecule has 0 fully saturated rings. The molecule has 5 aromatic carbocycles. The van der Waals surface area contributed by atoms with E-state index in [0.717, 1.165) is 43.7 Å². The highest BCUT2D eigenvalue weighted by Gasteiger charge is 2.35. The first-order valence-corrected chi connectivity index (χ1v) is 18.7. The van der Waals surface area contributed by atoms with E-state index >= 15 is 0 Å². The summed E-state index contributed by atoms with van der Waals surface area (Å²) in [7, 11) is 0. The number of pyridine rings is 1. The van der Waals surface area contributed by atoms with E-state index in [1.807, 2.05) is 16.3 Å². The lowest BCUT2D eigenvalue weighted by Crippen LogP contribution is -2.41. The van der Waals surface area contributed by atoms with Crippen molar-refractivity contribution in [2.24, 2.45) is 0 Å².